The monoisotopic (exact) mass is 395 g/mol. The molecule has 0 atom stereocenters. The standard InChI is InChI=1S/C17H12F3N3OS2/c18-17(19,20)12-2-1-3-13(8-12)25-10-15(24)23-16-22-14(9-26-16)11-4-6-21-7-5-11/h1-9H,10H2,(H,22,23,24). The maximum atomic E-state index is 12.7. The second-order valence-corrected chi connectivity index (χ2v) is 7.04. The van der Waals surface area contributed by atoms with Crippen LogP contribution in [0.5, 0.6) is 0 Å². The van der Waals surface area contributed by atoms with Crippen molar-refractivity contribution < 1.29 is 18.0 Å². The second-order valence-electron chi connectivity index (χ2n) is 5.14. The number of hydrogen-bond donors (Lipinski definition) is 1. The molecule has 0 fully saturated rings. The lowest BCUT2D eigenvalue weighted by Gasteiger charge is -2.08. The highest BCUT2D eigenvalue weighted by Crippen LogP contribution is 2.32. The first-order valence-electron chi connectivity index (χ1n) is 7.37. The first-order chi connectivity index (χ1) is 12.4. The Morgan fingerprint density at radius 2 is 1.96 bits per heavy atom. The summed E-state index contributed by atoms with van der Waals surface area (Å²) in [6.07, 6.45) is -1.10. The van der Waals surface area contributed by atoms with Gasteiger partial charge in [0.2, 0.25) is 5.91 Å². The van der Waals surface area contributed by atoms with Gasteiger partial charge in [-0.05, 0) is 30.3 Å². The molecule has 0 aliphatic heterocycles. The summed E-state index contributed by atoms with van der Waals surface area (Å²) in [7, 11) is 0. The van der Waals surface area contributed by atoms with Gasteiger partial charge in [-0.1, -0.05) is 6.07 Å². The zero-order valence-corrected chi connectivity index (χ0v) is 14.8. The summed E-state index contributed by atoms with van der Waals surface area (Å²) < 4.78 is 38.1. The Kier molecular flexibility index (Phi) is 5.58. The summed E-state index contributed by atoms with van der Waals surface area (Å²) >= 11 is 2.32. The number of benzene rings is 1. The van der Waals surface area contributed by atoms with Crippen molar-refractivity contribution in [2.75, 3.05) is 11.1 Å². The molecule has 3 rings (SSSR count). The second kappa shape index (κ2) is 7.88. The number of nitrogens with zero attached hydrogens (tertiary/aromatic N) is 2. The molecule has 4 nitrogen and oxygen atoms in total. The number of alkyl halides is 3. The number of anilines is 1. The maximum absolute atomic E-state index is 12.7. The molecule has 0 saturated carbocycles. The Morgan fingerprint density at radius 3 is 2.69 bits per heavy atom. The van der Waals surface area contributed by atoms with Crippen LogP contribution in [0.25, 0.3) is 11.3 Å². The van der Waals surface area contributed by atoms with E-state index < -0.39 is 11.7 Å². The van der Waals surface area contributed by atoms with Gasteiger partial charge in [0.1, 0.15) is 0 Å². The van der Waals surface area contributed by atoms with E-state index in [2.05, 4.69) is 15.3 Å². The third-order valence-corrected chi connectivity index (χ3v) is 5.01. The highest BCUT2D eigenvalue weighted by Gasteiger charge is 2.30. The zero-order chi connectivity index (χ0) is 18.6. The molecule has 2 heterocycles. The van der Waals surface area contributed by atoms with Gasteiger partial charge in [-0.25, -0.2) is 4.98 Å². The average Bonchev–Trinajstić information content (AvgIpc) is 3.09. The highest BCUT2D eigenvalue weighted by atomic mass is 32.2. The molecule has 0 spiro atoms. The number of nitrogens with one attached hydrogen (secondary N) is 1. The predicted octanol–water partition coefficient (Wildman–Crippen LogP) is 4.95. The lowest BCUT2D eigenvalue weighted by atomic mass is 10.2. The quantitative estimate of drug-likeness (QED) is 0.621. The maximum Gasteiger partial charge on any atom is 0.416 e. The van der Waals surface area contributed by atoms with Crippen LogP contribution in [0.4, 0.5) is 18.3 Å². The van der Waals surface area contributed by atoms with Crippen molar-refractivity contribution in [1.29, 1.82) is 0 Å². The molecule has 0 aliphatic rings. The molecule has 3 aromatic rings. The normalized spacial score (nSPS) is 11.3. The molecule has 9 heteroatoms. The fourth-order valence-corrected chi connectivity index (χ4v) is 3.54. The van der Waals surface area contributed by atoms with Crippen molar-refractivity contribution in [3.8, 4) is 11.3 Å². The SMILES string of the molecule is O=C(CSc1cccc(C(F)(F)F)c1)Nc1nc(-c2ccncc2)cs1. The number of hydrogen-bond acceptors (Lipinski definition) is 5. The summed E-state index contributed by atoms with van der Waals surface area (Å²) in [5.41, 5.74) is 0.873. The van der Waals surface area contributed by atoms with E-state index in [1.807, 2.05) is 17.5 Å². The fourth-order valence-electron chi connectivity index (χ4n) is 2.05. The van der Waals surface area contributed by atoms with Gasteiger partial charge in [-0.3, -0.25) is 9.78 Å². The molecule has 1 aromatic carbocycles. The molecule has 0 unspecified atom stereocenters. The molecular weight excluding hydrogens is 383 g/mol. The van der Waals surface area contributed by atoms with Gasteiger partial charge in [0.25, 0.3) is 0 Å². The number of halogens is 3. The molecule has 1 N–H and O–H groups in total. The van der Waals surface area contributed by atoms with Crippen molar-refractivity contribution in [1.82, 2.24) is 9.97 Å². The van der Waals surface area contributed by atoms with Crippen LogP contribution in [0.3, 0.4) is 0 Å². The summed E-state index contributed by atoms with van der Waals surface area (Å²) in [5.74, 6) is -0.339. The molecule has 0 radical (unpaired) electrons. The van der Waals surface area contributed by atoms with Crippen LogP contribution in [0, 0.1) is 0 Å². The van der Waals surface area contributed by atoms with E-state index in [4.69, 9.17) is 0 Å². The predicted molar refractivity (Wildman–Crippen MR) is 96.1 cm³/mol. The summed E-state index contributed by atoms with van der Waals surface area (Å²) in [6.45, 7) is 0. The van der Waals surface area contributed by atoms with E-state index in [0.717, 1.165) is 35.2 Å². The van der Waals surface area contributed by atoms with Gasteiger partial charge in [-0.2, -0.15) is 13.2 Å². The Labute approximate surface area is 155 Å². The number of pyridine rings is 1. The van der Waals surface area contributed by atoms with E-state index in [-0.39, 0.29) is 11.7 Å². The topological polar surface area (TPSA) is 54.9 Å². The van der Waals surface area contributed by atoms with Crippen LogP contribution in [-0.4, -0.2) is 21.6 Å². The number of thioether (sulfide) groups is 1. The van der Waals surface area contributed by atoms with E-state index in [0.29, 0.717) is 10.0 Å². The number of carbonyl (C=O) groups excluding carboxylic acids is 1. The Morgan fingerprint density at radius 1 is 1.19 bits per heavy atom. The first-order valence-corrected chi connectivity index (χ1v) is 9.24. The minimum Gasteiger partial charge on any atom is -0.301 e. The van der Waals surface area contributed by atoms with Crippen LogP contribution >= 0.6 is 23.1 Å². The largest absolute Gasteiger partial charge is 0.416 e. The van der Waals surface area contributed by atoms with Gasteiger partial charge >= 0.3 is 6.18 Å². The van der Waals surface area contributed by atoms with Crippen molar-refractivity contribution in [2.24, 2.45) is 0 Å². The van der Waals surface area contributed by atoms with Gasteiger partial charge < -0.3 is 5.32 Å². The molecule has 0 aliphatic carbocycles. The Balaban J connectivity index is 1.58. The van der Waals surface area contributed by atoms with E-state index >= 15 is 0 Å². The molecule has 2 aromatic heterocycles. The number of amides is 1. The third-order valence-electron chi connectivity index (χ3n) is 3.26. The van der Waals surface area contributed by atoms with Crippen LogP contribution in [0.15, 0.2) is 59.1 Å². The van der Waals surface area contributed by atoms with E-state index in [9.17, 15) is 18.0 Å². The van der Waals surface area contributed by atoms with Crippen LogP contribution in [-0.2, 0) is 11.0 Å². The number of aromatic nitrogens is 2. The van der Waals surface area contributed by atoms with Crippen molar-refractivity contribution >= 4 is 34.1 Å². The zero-order valence-electron chi connectivity index (χ0n) is 13.2. The van der Waals surface area contributed by atoms with Gasteiger partial charge in [0, 0.05) is 28.2 Å². The van der Waals surface area contributed by atoms with Gasteiger partial charge in [0.05, 0.1) is 17.0 Å². The molecular formula is C17H12F3N3OS2. The molecule has 26 heavy (non-hydrogen) atoms. The minimum absolute atomic E-state index is 0.00845. The molecule has 1 amide bonds. The lowest BCUT2D eigenvalue weighted by Crippen LogP contribution is -2.13. The molecule has 0 bridgehead atoms. The van der Waals surface area contributed by atoms with Crippen LogP contribution in [0.2, 0.25) is 0 Å². The van der Waals surface area contributed by atoms with Crippen molar-refractivity contribution in [3.63, 3.8) is 0 Å². The van der Waals surface area contributed by atoms with Gasteiger partial charge in [0.15, 0.2) is 5.13 Å². The molecule has 0 saturated heterocycles. The summed E-state index contributed by atoms with van der Waals surface area (Å²) in [4.78, 5) is 20.7. The number of rotatable bonds is 5. The van der Waals surface area contributed by atoms with E-state index in [1.165, 1.54) is 23.5 Å². The van der Waals surface area contributed by atoms with Crippen LogP contribution < -0.4 is 5.32 Å². The van der Waals surface area contributed by atoms with E-state index in [1.54, 1.807) is 12.4 Å². The lowest BCUT2D eigenvalue weighted by molar-refractivity contribution is -0.137. The fraction of sp³-hybridized carbons (Fsp3) is 0.118. The van der Waals surface area contributed by atoms with Crippen molar-refractivity contribution in [2.45, 2.75) is 11.1 Å². The first kappa shape index (κ1) is 18.4. The summed E-state index contributed by atoms with van der Waals surface area (Å²) in [5, 5.41) is 4.90. The third kappa shape index (κ3) is 4.83. The van der Waals surface area contributed by atoms with Crippen molar-refractivity contribution in [3.05, 3.63) is 59.7 Å². The Bertz CT molecular complexity index is 898. The molecule has 134 valence electrons. The number of carbonyl (C=O) groups is 1. The van der Waals surface area contributed by atoms with Gasteiger partial charge in [-0.15, -0.1) is 23.1 Å². The van der Waals surface area contributed by atoms with Crippen LogP contribution in [0.1, 0.15) is 5.56 Å². The number of thiazole rings is 1. The smallest absolute Gasteiger partial charge is 0.301 e. The Hall–Kier alpha value is -2.39. The highest BCUT2D eigenvalue weighted by molar-refractivity contribution is 8.00. The minimum atomic E-state index is -4.40. The summed E-state index contributed by atoms with van der Waals surface area (Å²) in [6, 6.07) is 8.51. The average molecular weight is 395 g/mol.